The van der Waals surface area contributed by atoms with Gasteiger partial charge in [0, 0.05) is 10.9 Å². The highest BCUT2D eigenvalue weighted by molar-refractivity contribution is 7.67. The van der Waals surface area contributed by atoms with Crippen molar-refractivity contribution in [2.45, 2.75) is 43.9 Å². The Morgan fingerprint density at radius 1 is 0.612 bits per heavy atom. The van der Waals surface area contributed by atoms with Crippen molar-refractivity contribution in [2.24, 2.45) is 0 Å². The predicted molar refractivity (Wildman–Crippen MR) is 189 cm³/mol. The van der Waals surface area contributed by atoms with Crippen molar-refractivity contribution in [1.29, 1.82) is 0 Å². The summed E-state index contributed by atoms with van der Waals surface area (Å²) in [4.78, 5) is 0. The molecule has 6 aromatic rings. The lowest BCUT2D eigenvalue weighted by molar-refractivity contribution is -0.161. The first-order chi connectivity index (χ1) is 24.2. The molecule has 5 atom stereocenters. The summed E-state index contributed by atoms with van der Waals surface area (Å²) in [5.41, 5.74) is 4.54. The Hall–Kier alpha value is -4.69. The van der Waals surface area contributed by atoms with Crippen LogP contribution in [0.2, 0.25) is 0 Å². The lowest BCUT2D eigenvalue weighted by Gasteiger charge is -2.46. The molecule has 8 nitrogen and oxygen atoms in total. The van der Waals surface area contributed by atoms with E-state index in [4.69, 9.17) is 18.7 Å². The van der Waals surface area contributed by atoms with E-state index < -0.39 is 31.5 Å². The maximum atomic E-state index is 15.7. The number of hydrogen-bond acceptors (Lipinski definition) is 7. The van der Waals surface area contributed by atoms with Crippen molar-refractivity contribution in [1.82, 2.24) is 15.0 Å². The number of ether oxygens (including phenoxy) is 3. The van der Waals surface area contributed by atoms with Crippen LogP contribution in [0.25, 0.3) is 11.3 Å². The van der Waals surface area contributed by atoms with Crippen molar-refractivity contribution in [2.75, 3.05) is 6.61 Å². The monoisotopic (exact) mass is 671 g/mol. The minimum atomic E-state index is -3.78. The van der Waals surface area contributed by atoms with Gasteiger partial charge in [-0.15, -0.1) is 5.10 Å². The molecule has 0 N–H and O–H groups in total. The Kier molecular flexibility index (Phi) is 10.5. The van der Waals surface area contributed by atoms with Crippen LogP contribution < -0.4 is 5.30 Å². The maximum Gasteiger partial charge on any atom is 0.259 e. The Bertz CT molecular complexity index is 1930. The highest BCUT2D eigenvalue weighted by Crippen LogP contribution is 2.63. The van der Waals surface area contributed by atoms with Crippen LogP contribution in [0.15, 0.2) is 158 Å². The zero-order chi connectivity index (χ0) is 33.3. The summed E-state index contributed by atoms with van der Waals surface area (Å²) in [6, 6.07) is 48.9. The third-order valence-corrected chi connectivity index (χ3v) is 11.4. The van der Waals surface area contributed by atoms with Crippen LogP contribution in [0.4, 0.5) is 0 Å². The van der Waals surface area contributed by atoms with Crippen molar-refractivity contribution < 1.29 is 23.3 Å². The van der Waals surface area contributed by atoms with Gasteiger partial charge in [-0.2, -0.15) is 0 Å². The normalized spacial score (nSPS) is 22.1. The molecule has 5 aromatic carbocycles. The van der Waals surface area contributed by atoms with Gasteiger partial charge in [-0.1, -0.05) is 145 Å². The van der Waals surface area contributed by atoms with Crippen LogP contribution in [-0.4, -0.2) is 39.9 Å². The second-order valence-electron chi connectivity index (χ2n) is 12.0. The molecule has 1 aliphatic heterocycles. The van der Waals surface area contributed by atoms with Gasteiger partial charge in [0.05, 0.1) is 32.6 Å². The third-order valence-electron chi connectivity index (χ3n) is 8.56. The fourth-order valence-corrected chi connectivity index (χ4v) is 8.90. The number of benzene rings is 5. The summed E-state index contributed by atoms with van der Waals surface area (Å²) in [6.45, 7) is 1.06. The maximum absolute atomic E-state index is 15.7. The van der Waals surface area contributed by atoms with Gasteiger partial charge < -0.3 is 18.7 Å². The fourth-order valence-electron chi connectivity index (χ4n) is 6.11. The molecule has 7 rings (SSSR count). The van der Waals surface area contributed by atoms with Crippen LogP contribution in [0.1, 0.15) is 22.5 Å². The summed E-state index contributed by atoms with van der Waals surface area (Å²) in [5.74, 6) is -0.894. The SMILES string of the molecule is O=P1(c2ccccc2)OC(COCc2ccccc2)C(OCc2ccccc2)C(OCc2ccccc2)C1n1cc(-c2ccccc2)nn1. The Morgan fingerprint density at radius 2 is 1.10 bits per heavy atom. The molecule has 49 heavy (non-hydrogen) atoms. The lowest BCUT2D eigenvalue weighted by atomic mass is 10.1. The molecule has 248 valence electrons. The molecule has 1 fully saturated rings. The topological polar surface area (TPSA) is 84.7 Å². The minimum Gasteiger partial charge on any atom is -0.374 e. The van der Waals surface area contributed by atoms with Gasteiger partial charge in [-0.3, -0.25) is 4.57 Å². The average Bonchev–Trinajstić information content (AvgIpc) is 3.65. The summed E-state index contributed by atoms with van der Waals surface area (Å²) >= 11 is 0. The fraction of sp³-hybridized carbons (Fsp3) is 0.200. The molecular weight excluding hydrogens is 633 g/mol. The van der Waals surface area contributed by atoms with Gasteiger partial charge in [0.1, 0.15) is 24.0 Å². The minimum absolute atomic E-state index is 0.135. The molecule has 0 saturated carbocycles. The molecule has 0 radical (unpaired) electrons. The molecule has 1 saturated heterocycles. The van der Waals surface area contributed by atoms with E-state index >= 15 is 4.57 Å². The van der Waals surface area contributed by atoms with Crippen LogP contribution in [0.5, 0.6) is 0 Å². The van der Waals surface area contributed by atoms with Crippen molar-refractivity contribution >= 4 is 12.7 Å². The molecule has 2 heterocycles. The highest BCUT2D eigenvalue weighted by Gasteiger charge is 2.56. The van der Waals surface area contributed by atoms with E-state index in [2.05, 4.69) is 10.3 Å². The molecule has 9 heteroatoms. The van der Waals surface area contributed by atoms with Crippen molar-refractivity contribution in [3.05, 3.63) is 175 Å². The number of rotatable bonds is 13. The molecule has 5 unspecified atom stereocenters. The average molecular weight is 672 g/mol. The van der Waals surface area contributed by atoms with Crippen LogP contribution in [0.3, 0.4) is 0 Å². The molecule has 0 bridgehead atoms. The van der Waals surface area contributed by atoms with E-state index in [9.17, 15) is 0 Å². The van der Waals surface area contributed by atoms with Gasteiger partial charge in [-0.05, 0) is 28.8 Å². The first-order valence-corrected chi connectivity index (χ1v) is 18.1. The molecule has 1 aromatic heterocycles. The Balaban J connectivity index is 1.31. The Labute approximate surface area is 286 Å². The van der Waals surface area contributed by atoms with E-state index in [1.807, 2.05) is 158 Å². The van der Waals surface area contributed by atoms with Crippen molar-refractivity contribution in [3.8, 4) is 11.3 Å². The predicted octanol–water partition coefficient (Wildman–Crippen LogP) is 7.83. The summed E-state index contributed by atoms with van der Waals surface area (Å²) in [5, 5.41) is 9.63. The first-order valence-electron chi connectivity index (χ1n) is 16.4. The molecule has 0 aliphatic carbocycles. The molecular formula is C40H38N3O5P. The molecule has 1 aliphatic rings. The quantitative estimate of drug-likeness (QED) is 0.116. The number of nitrogens with zero attached hydrogens (tertiary/aromatic N) is 3. The number of aromatic nitrogens is 3. The van der Waals surface area contributed by atoms with E-state index in [0.29, 0.717) is 24.2 Å². The van der Waals surface area contributed by atoms with E-state index in [-0.39, 0.29) is 13.2 Å². The second kappa shape index (κ2) is 15.7. The summed E-state index contributed by atoms with van der Waals surface area (Å²) < 4.78 is 44.0. The van der Waals surface area contributed by atoms with Gasteiger partial charge in [0.15, 0.2) is 5.78 Å². The first kappa shape index (κ1) is 32.8. The van der Waals surface area contributed by atoms with Crippen molar-refractivity contribution in [3.63, 3.8) is 0 Å². The number of hydrogen-bond donors (Lipinski definition) is 0. The smallest absolute Gasteiger partial charge is 0.259 e. The van der Waals surface area contributed by atoms with Crippen LogP contribution >= 0.6 is 7.37 Å². The zero-order valence-electron chi connectivity index (χ0n) is 27.0. The highest BCUT2D eigenvalue weighted by atomic mass is 31.2. The zero-order valence-corrected chi connectivity index (χ0v) is 27.9. The third kappa shape index (κ3) is 7.81. The van der Waals surface area contributed by atoms with Gasteiger partial charge in [0.2, 0.25) is 0 Å². The van der Waals surface area contributed by atoms with Gasteiger partial charge >= 0.3 is 0 Å². The molecule has 0 spiro atoms. The Morgan fingerprint density at radius 3 is 1.67 bits per heavy atom. The van der Waals surface area contributed by atoms with Gasteiger partial charge in [0.25, 0.3) is 7.37 Å². The van der Waals surface area contributed by atoms with Crippen LogP contribution in [0, 0.1) is 0 Å². The van der Waals surface area contributed by atoms with Crippen LogP contribution in [-0.2, 0) is 43.1 Å². The summed E-state index contributed by atoms with van der Waals surface area (Å²) in [7, 11) is -3.78. The largest absolute Gasteiger partial charge is 0.374 e. The van der Waals surface area contributed by atoms with Gasteiger partial charge in [-0.25, -0.2) is 4.68 Å². The van der Waals surface area contributed by atoms with E-state index in [0.717, 1.165) is 22.3 Å². The summed E-state index contributed by atoms with van der Waals surface area (Å²) in [6.07, 6.45) is -0.356. The molecule has 0 amide bonds. The van der Waals surface area contributed by atoms with E-state index in [1.54, 1.807) is 4.68 Å². The lowest BCUT2D eigenvalue weighted by Crippen LogP contribution is -2.53. The second-order valence-corrected chi connectivity index (χ2v) is 14.4. The standard InChI is InChI=1S/C40H38N3O5P/c44-49(35-24-14-5-15-25-35)40(43-26-36(41-42-43)34-22-12-4-13-23-34)39(47-29-33-20-10-3-11-21-33)38(46-28-32-18-8-2-9-19-32)37(48-49)30-45-27-31-16-6-1-7-17-31/h1-26,37-40H,27-30H2. The van der Waals surface area contributed by atoms with E-state index in [1.165, 1.54) is 0 Å².